The lowest BCUT2D eigenvalue weighted by molar-refractivity contribution is 1.70. The van der Waals surface area contributed by atoms with Crippen LogP contribution in [0.25, 0.3) is 0 Å². The van der Waals surface area contributed by atoms with E-state index in [-0.39, 0.29) is 5.34 Å². The largest absolute Gasteiger partial charge is 0.109 e. The topological polar surface area (TPSA) is 0 Å². The molecule has 9 heavy (non-hydrogen) atoms. The molecular weight excluding hydrogens is 155 g/mol. The maximum Gasteiger partial charge on any atom is 0.0967 e. The van der Waals surface area contributed by atoms with Crippen LogP contribution in [0.5, 0.6) is 0 Å². The zero-order valence-electron chi connectivity index (χ0n) is 4.85. The molecule has 2 heteroatoms. The van der Waals surface area contributed by atoms with E-state index in [1.165, 1.54) is 0 Å². The molecule has 0 saturated heterocycles. The monoisotopic (exact) mass is 161 g/mol. The number of benzene rings is 1. The number of rotatable bonds is 0. The van der Waals surface area contributed by atoms with Crippen molar-refractivity contribution in [2.75, 3.05) is 5.34 Å². The molecule has 0 aliphatic carbocycles. The zero-order chi connectivity index (χ0) is 6.95. The van der Waals surface area contributed by atoms with E-state index in [2.05, 4.69) is 6.07 Å². The summed E-state index contributed by atoms with van der Waals surface area (Å²) in [5.41, 5.74) is 0. The number of halogens is 2. The predicted molar refractivity (Wildman–Crippen MR) is 41.9 cm³/mol. The van der Waals surface area contributed by atoms with Crippen LogP contribution in [0.15, 0.2) is 30.3 Å². The maximum atomic E-state index is 4.76. The summed E-state index contributed by atoms with van der Waals surface area (Å²) < 4.78 is 0. The fourth-order valence-electron chi connectivity index (χ4n) is 0.342. The Morgan fingerprint density at radius 3 is 1.56 bits per heavy atom. The molecule has 1 radical (unpaired) electrons. The van der Waals surface area contributed by atoms with Gasteiger partial charge in [0.1, 0.15) is 0 Å². The van der Waals surface area contributed by atoms with Crippen molar-refractivity contribution in [1.82, 2.24) is 0 Å². The van der Waals surface area contributed by atoms with Crippen LogP contribution in [-0.4, -0.2) is 5.34 Å². The summed E-state index contributed by atoms with van der Waals surface area (Å²) in [5, 5.41) is 0.194. The van der Waals surface area contributed by atoms with Crippen LogP contribution in [0.2, 0.25) is 0 Å². The molecule has 0 aliphatic rings. The molecule has 1 aromatic carbocycles. The average Bonchev–Trinajstić information content (AvgIpc) is 1.93. The molecule has 0 fully saturated rings. The lowest BCUT2D eigenvalue weighted by Gasteiger charge is -1.68. The Hall–Kier alpha value is -0.200. The first-order valence-electron chi connectivity index (χ1n) is 2.45. The van der Waals surface area contributed by atoms with Crippen molar-refractivity contribution in [3.63, 3.8) is 0 Å². The minimum atomic E-state index is 0.194. The molecule has 0 spiro atoms. The first-order chi connectivity index (χ1) is 4.41. The van der Waals surface area contributed by atoms with Crippen LogP contribution in [0, 0.1) is 6.07 Å². The third kappa shape index (κ3) is 7.80. The van der Waals surface area contributed by atoms with E-state index in [1.54, 1.807) is 0 Å². The quantitative estimate of drug-likeness (QED) is 0.514. The van der Waals surface area contributed by atoms with Crippen molar-refractivity contribution in [3.05, 3.63) is 36.4 Å². The number of hydrogen-bond acceptors (Lipinski definition) is 0. The highest BCUT2D eigenvalue weighted by molar-refractivity contribution is 6.40. The average molecular weight is 162 g/mol. The molecule has 0 amide bonds. The second-order valence-electron chi connectivity index (χ2n) is 1.18. The van der Waals surface area contributed by atoms with Crippen molar-refractivity contribution in [3.8, 4) is 0 Å². The molecule has 0 N–H and O–H groups in total. The summed E-state index contributed by atoms with van der Waals surface area (Å²) in [6.45, 7) is 0. The maximum absolute atomic E-state index is 4.76. The van der Waals surface area contributed by atoms with Crippen molar-refractivity contribution >= 4 is 23.2 Å². The molecule has 0 heterocycles. The van der Waals surface area contributed by atoms with Gasteiger partial charge in [-0.2, -0.15) is 0 Å². The van der Waals surface area contributed by atoms with Crippen LogP contribution >= 0.6 is 23.2 Å². The third-order valence-corrected chi connectivity index (χ3v) is 0.607. The zero-order valence-corrected chi connectivity index (χ0v) is 6.36. The first kappa shape index (κ1) is 8.80. The molecule has 1 aromatic rings. The van der Waals surface area contributed by atoms with Gasteiger partial charge < -0.3 is 0 Å². The fraction of sp³-hybridized carbons (Fsp3) is 0.143. The lowest BCUT2D eigenvalue weighted by atomic mass is 10.4. The molecule has 0 bridgehead atoms. The van der Waals surface area contributed by atoms with Gasteiger partial charge in [0.2, 0.25) is 0 Å². The molecule has 0 nitrogen and oxygen atoms in total. The summed E-state index contributed by atoms with van der Waals surface area (Å²) in [6.07, 6.45) is 0. The summed E-state index contributed by atoms with van der Waals surface area (Å²) in [6, 6.07) is 12.5. The SMILES string of the molecule is ClCCl.[c]1ccccc1. The minimum Gasteiger partial charge on any atom is -0.109 e. The van der Waals surface area contributed by atoms with Crippen LogP contribution in [0.4, 0.5) is 0 Å². The third-order valence-electron chi connectivity index (χ3n) is 0.607. The van der Waals surface area contributed by atoms with Gasteiger partial charge in [-0.15, -0.1) is 23.2 Å². The molecule has 1 rings (SSSR count). The van der Waals surface area contributed by atoms with Gasteiger partial charge in [-0.05, 0) is 6.07 Å². The first-order valence-corrected chi connectivity index (χ1v) is 3.51. The van der Waals surface area contributed by atoms with E-state index in [0.29, 0.717) is 0 Å². The smallest absolute Gasteiger partial charge is 0.0967 e. The van der Waals surface area contributed by atoms with Crippen molar-refractivity contribution in [2.24, 2.45) is 0 Å². The number of hydrogen-bond donors (Lipinski definition) is 0. The van der Waals surface area contributed by atoms with Gasteiger partial charge in [0.25, 0.3) is 0 Å². The normalized spacial score (nSPS) is 7.33. The van der Waals surface area contributed by atoms with E-state index in [9.17, 15) is 0 Å². The molecule has 0 aromatic heterocycles. The van der Waals surface area contributed by atoms with E-state index in [4.69, 9.17) is 23.2 Å². The Morgan fingerprint density at radius 1 is 1.00 bits per heavy atom. The molecule has 0 unspecified atom stereocenters. The van der Waals surface area contributed by atoms with E-state index in [0.717, 1.165) is 0 Å². The minimum absolute atomic E-state index is 0.194. The van der Waals surface area contributed by atoms with Crippen LogP contribution in [0.3, 0.4) is 0 Å². The Morgan fingerprint density at radius 2 is 1.44 bits per heavy atom. The predicted octanol–water partition coefficient (Wildman–Crippen LogP) is 2.91. The van der Waals surface area contributed by atoms with Gasteiger partial charge in [0.15, 0.2) is 0 Å². The van der Waals surface area contributed by atoms with Crippen molar-refractivity contribution in [2.45, 2.75) is 0 Å². The second kappa shape index (κ2) is 7.80. The van der Waals surface area contributed by atoms with E-state index >= 15 is 0 Å². The Kier molecular flexibility index (Phi) is 7.63. The van der Waals surface area contributed by atoms with Crippen molar-refractivity contribution in [1.29, 1.82) is 0 Å². The van der Waals surface area contributed by atoms with Crippen LogP contribution in [0.1, 0.15) is 0 Å². The Balaban J connectivity index is 0.000000187. The summed E-state index contributed by atoms with van der Waals surface area (Å²) in [4.78, 5) is 0. The summed E-state index contributed by atoms with van der Waals surface area (Å²) in [5.74, 6) is 0. The van der Waals surface area contributed by atoms with Crippen LogP contribution < -0.4 is 0 Å². The van der Waals surface area contributed by atoms with Gasteiger partial charge in [-0.3, -0.25) is 0 Å². The highest BCUT2D eigenvalue weighted by atomic mass is 35.5. The second-order valence-corrected chi connectivity index (χ2v) is 1.99. The standard InChI is InChI=1S/C6H5.CH2Cl2/c1-2-4-6-5-3-1;2-1-3/h1-5H;1H2. The van der Waals surface area contributed by atoms with Gasteiger partial charge in [-0.1, -0.05) is 30.3 Å². The summed E-state index contributed by atoms with van der Waals surface area (Å²) in [7, 11) is 0. The van der Waals surface area contributed by atoms with Gasteiger partial charge in [0.05, 0.1) is 5.34 Å². The molecule has 49 valence electrons. The highest BCUT2D eigenvalue weighted by Gasteiger charge is 1.58. The Bertz CT molecular complexity index is 89.8. The van der Waals surface area contributed by atoms with Crippen LogP contribution in [-0.2, 0) is 0 Å². The molecular formula is C7H7Cl2. The number of alkyl halides is 2. The Labute approximate surface area is 65.4 Å². The van der Waals surface area contributed by atoms with E-state index in [1.807, 2.05) is 30.3 Å². The van der Waals surface area contributed by atoms with Gasteiger partial charge in [-0.25, -0.2) is 0 Å². The highest BCUT2D eigenvalue weighted by Crippen LogP contribution is 1.78. The fourth-order valence-corrected chi connectivity index (χ4v) is 0.342. The molecule has 0 saturated carbocycles. The van der Waals surface area contributed by atoms with Crippen molar-refractivity contribution < 1.29 is 0 Å². The van der Waals surface area contributed by atoms with E-state index < -0.39 is 0 Å². The van der Waals surface area contributed by atoms with Gasteiger partial charge >= 0.3 is 0 Å². The summed E-state index contributed by atoms with van der Waals surface area (Å²) >= 11 is 9.53. The molecule has 0 aliphatic heterocycles. The lowest BCUT2D eigenvalue weighted by Crippen LogP contribution is -1.49. The van der Waals surface area contributed by atoms with Gasteiger partial charge in [0, 0.05) is 0 Å². The molecule has 0 atom stereocenters.